The SMILES string of the molecule is COC(=O)c1ccc(N2C(=O)NC(=O)/C(=C/c3cccc(OCC(=O)Nc4ccc(OC)cc4)c3)C2=O)cc1. The summed E-state index contributed by atoms with van der Waals surface area (Å²) in [4.78, 5) is 62.8. The summed E-state index contributed by atoms with van der Waals surface area (Å²) < 4.78 is 15.3. The topological polar surface area (TPSA) is 140 Å². The second-order valence-electron chi connectivity index (χ2n) is 8.13. The lowest BCUT2D eigenvalue weighted by atomic mass is 10.1. The fraction of sp³-hybridized carbons (Fsp3) is 0.107. The maximum absolute atomic E-state index is 13.1. The number of nitrogens with zero attached hydrogens (tertiary/aromatic N) is 1. The number of anilines is 2. The fourth-order valence-electron chi connectivity index (χ4n) is 3.64. The van der Waals surface area contributed by atoms with Crippen molar-refractivity contribution in [3.8, 4) is 11.5 Å². The summed E-state index contributed by atoms with van der Waals surface area (Å²) in [6.45, 7) is -0.282. The van der Waals surface area contributed by atoms with Crippen LogP contribution < -0.4 is 25.0 Å². The Bertz CT molecular complexity index is 1460. The van der Waals surface area contributed by atoms with E-state index in [0.717, 1.165) is 4.90 Å². The summed E-state index contributed by atoms with van der Waals surface area (Å²) in [5, 5.41) is 4.84. The molecule has 39 heavy (non-hydrogen) atoms. The Morgan fingerprint density at radius 2 is 1.64 bits per heavy atom. The molecule has 0 unspecified atom stereocenters. The number of carbonyl (C=O) groups is 5. The Morgan fingerprint density at radius 3 is 2.31 bits per heavy atom. The third-order valence-electron chi connectivity index (χ3n) is 5.56. The Balaban J connectivity index is 1.46. The van der Waals surface area contributed by atoms with Crippen molar-refractivity contribution in [2.45, 2.75) is 0 Å². The first-order valence-corrected chi connectivity index (χ1v) is 11.6. The molecule has 3 aromatic rings. The Kier molecular flexibility index (Phi) is 8.00. The molecule has 0 radical (unpaired) electrons. The van der Waals surface area contributed by atoms with E-state index in [0.29, 0.717) is 22.7 Å². The highest BCUT2D eigenvalue weighted by molar-refractivity contribution is 6.39. The number of nitrogens with one attached hydrogen (secondary N) is 2. The van der Waals surface area contributed by atoms with Crippen molar-refractivity contribution in [2.75, 3.05) is 31.0 Å². The molecule has 198 valence electrons. The van der Waals surface area contributed by atoms with Gasteiger partial charge in [-0.15, -0.1) is 0 Å². The third kappa shape index (κ3) is 6.28. The minimum Gasteiger partial charge on any atom is -0.497 e. The molecule has 0 bridgehead atoms. The second kappa shape index (κ2) is 11.7. The summed E-state index contributed by atoms with van der Waals surface area (Å²) in [5.74, 6) is -1.70. The molecule has 4 rings (SSSR count). The maximum Gasteiger partial charge on any atom is 0.337 e. The van der Waals surface area contributed by atoms with E-state index in [9.17, 15) is 24.0 Å². The fourth-order valence-corrected chi connectivity index (χ4v) is 3.64. The number of hydrogen-bond acceptors (Lipinski definition) is 8. The number of benzene rings is 3. The highest BCUT2D eigenvalue weighted by Gasteiger charge is 2.36. The van der Waals surface area contributed by atoms with Gasteiger partial charge in [-0.05, 0) is 72.3 Å². The van der Waals surface area contributed by atoms with Gasteiger partial charge in [0, 0.05) is 5.69 Å². The predicted octanol–water partition coefficient (Wildman–Crippen LogP) is 3.17. The van der Waals surface area contributed by atoms with Crippen molar-refractivity contribution in [1.82, 2.24) is 5.32 Å². The van der Waals surface area contributed by atoms with Gasteiger partial charge in [-0.3, -0.25) is 19.7 Å². The molecule has 0 saturated carbocycles. The molecule has 1 aliphatic rings. The van der Waals surface area contributed by atoms with Gasteiger partial charge in [0.15, 0.2) is 6.61 Å². The number of hydrogen-bond donors (Lipinski definition) is 2. The van der Waals surface area contributed by atoms with Gasteiger partial charge < -0.3 is 19.5 Å². The highest BCUT2D eigenvalue weighted by atomic mass is 16.5. The maximum atomic E-state index is 13.1. The van der Waals surface area contributed by atoms with Gasteiger partial charge in [0.05, 0.1) is 25.5 Å². The Hall–Kier alpha value is -5.45. The van der Waals surface area contributed by atoms with E-state index in [4.69, 9.17) is 9.47 Å². The molecule has 11 nitrogen and oxygen atoms in total. The van der Waals surface area contributed by atoms with Gasteiger partial charge in [0.1, 0.15) is 17.1 Å². The molecule has 1 saturated heterocycles. The van der Waals surface area contributed by atoms with E-state index in [1.54, 1.807) is 55.6 Å². The van der Waals surface area contributed by atoms with Crippen LogP contribution in [0.15, 0.2) is 78.4 Å². The number of barbiturate groups is 1. The minimum atomic E-state index is -0.923. The standard InChI is InChI=1S/C28H23N3O8/c1-37-21-12-8-19(9-13-21)29-24(32)16-39-22-5-3-4-17(14-22)15-23-25(33)30-28(36)31(26(23)34)20-10-6-18(7-11-20)27(35)38-2/h3-15H,16H2,1-2H3,(H,29,32)(H,30,33,36)/b23-15-. The van der Waals surface area contributed by atoms with E-state index in [1.165, 1.54) is 37.5 Å². The molecule has 0 aliphatic carbocycles. The van der Waals surface area contributed by atoms with Crippen molar-refractivity contribution in [2.24, 2.45) is 0 Å². The summed E-state index contributed by atoms with van der Waals surface area (Å²) in [6, 6.07) is 17.9. The molecule has 3 aromatic carbocycles. The van der Waals surface area contributed by atoms with Gasteiger partial charge in [-0.25, -0.2) is 14.5 Å². The zero-order valence-corrected chi connectivity index (χ0v) is 20.9. The lowest BCUT2D eigenvalue weighted by Gasteiger charge is -2.26. The summed E-state index contributed by atoms with van der Waals surface area (Å²) >= 11 is 0. The summed E-state index contributed by atoms with van der Waals surface area (Å²) in [5.41, 5.74) is 1.10. The van der Waals surface area contributed by atoms with Crippen LogP contribution in [0.25, 0.3) is 6.08 Å². The zero-order valence-electron chi connectivity index (χ0n) is 20.9. The Labute approximate surface area is 223 Å². The smallest absolute Gasteiger partial charge is 0.337 e. The highest BCUT2D eigenvalue weighted by Crippen LogP contribution is 2.24. The number of imide groups is 2. The lowest BCUT2D eigenvalue weighted by molar-refractivity contribution is -0.122. The van der Waals surface area contributed by atoms with Crippen LogP contribution in [0.4, 0.5) is 16.2 Å². The van der Waals surface area contributed by atoms with E-state index < -0.39 is 29.7 Å². The second-order valence-corrected chi connectivity index (χ2v) is 8.13. The van der Waals surface area contributed by atoms with Gasteiger partial charge in [0.2, 0.25) is 0 Å². The number of carbonyl (C=O) groups excluding carboxylic acids is 5. The first-order valence-electron chi connectivity index (χ1n) is 11.6. The van der Waals surface area contributed by atoms with E-state index >= 15 is 0 Å². The van der Waals surface area contributed by atoms with Gasteiger partial charge in [-0.1, -0.05) is 12.1 Å². The van der Waals surface area contributed by atoms with Gasteiger partial charge in [-0.2, -0.15) is 0 Å². The monoisotopic (exact) mass is 529 g/mol. The first-order chi connectivity index (χ1) is 18.8. The minimum absolute atomic E-state index is 0.156. The molecule has 1 aliphatic heterocycles. The average molecular weight is 530 g/mol. The number of methoxy groups -OCH3 is 2. The number of urea groups is 1. The van der Waals surface area contributed by atoms with Crippen molar-refractivity contribution in [3.05, 3.63) is 89.5 Å². The molecule has 0 aromatic heterocycles. The normalized spacial score (nSPS) is 14.1. The van der Waals surface area contributed by atoms with Crippen molar-refractivity contribution < 1.29 is 38.2 Å². The molecular weight excluding hydrogens is 506 g/mol. The molecule has 0 atom stereocenters. The first kappa shape index (κ1) is 26.6. The molecule has 2 N–H and O–H groups in total. The van der Waals surface area contributed by atoms with Crippen LogP contribution >= 0.6 is 0 Å². The Morgan fingerprint density at radius 1 is 0.923 bits per heavy atom. The van der Waals surface area contributed by atoms with Crippen LogP contribution in [0.3, 0.4) is 0 Å². The quantitative estimate of drug-likeness (QED) is 0.258. The van der Waals surface area contributed by atoms with Crippen molar-refractivity contribution >= 4 is 47.2 Å². The number of rotatable bonds is 8. The molecule has 1 fully saturated rings. The van der Waals surface area contributed by atoms with E-state index in [-0.39, 0.29) is 23.4 Å². The number of amides is 5. The van der Waals surface area contributed by atoms with E-state index in [1.807, 2.05) is 0 Å². The zero-order chi connectivity index (χ0) is 27.9. The van der Waals surface area contributed by atoms with Crippen LogP contribution in [0.1, 0.15) is 15.9 Å². The van der Waals surface area contributed by atoms with E-state index in [2.05, 4.69) is 15.4 Å². The van der Waals surface area contributed by atoms with Crippen LogP contribution in [-0.4, -0.2) is 50.5 Å². The molecule has 0 spiro atoms. The third-order valence-corrected chi connectivity index (χ3v) is 5.56. The summed E-state index contributed by atoms with van der Waals surface area (Å²) in [6.07, 6.45) is 1.31. The molecular formula is C28H23N3O8. The summed E-state index contributed by atoms with van der Waals surface area (Å²) in [7, 11) is 2.78. The van der Waals surface area contributed by atoms with Crippen LogP contribution in [0, 0.1) is 0 Å². The van der Waals surface area contributed by atoms with Crippen molar-refractivity contribution in [3.63, 3.8) is 0 Å². The van der Waals surface area contributed by atoms with Crippen LogP contribution in [-0.2, 0) is 19.1 Å². The molecule has 11 heteroatoms. The van der Waals surface area contributed by atoms with Gasteiger partial charge >= 0.3 is 12.0 Å². The molecule has 5 amide bonds. The largest absolute Gasteiger partial charge is 0.497 e. The number of esters is 1. The van der Waals surface area contributed by atoms with Gasteiger partial charge in [0.25, 0.3) is 17.7 Å². The predicted molar refractivity (Wildman–Crippen MR) is 140 cm³/mol. The number of ether oxygens (including phenoxy) is 3. The van der Waals surface area contributed by atoms with Crippen LogP contribution in [0.5, 0.6) is 11.5 Å². The average Bonchev–Trinajstić information content (AvgIpc) is 2.94. The van der Waals surface area contributed by atoms with Crippen molar-refractivity contribution in [1.29, 1.82) is 0 Å². The lowest BCUT2D eigenvalue weighted by Crippen LogP contribution is -2.54. The van der Waals surface area contributed by atoms with Crippen LogP contribution in [0.2, 0.25) is 0 Å². The molecule has 1 heterocycles.